The molecule has 290 valence electrons. The Kier molecular flexibility index (Phi) is 9.17. The van der Waals surface area contributed by atoms with E-state index in [0.717, 1.165) is 55.9 Å². The van der Waals surface area contributed by atoms with E-state index in [1.807, 2.05) is 24.3 Å². The van der Waals surface area contributed by atoms with E-state index < -0.39 is 23.3 Å². The molecule has 0 unspecified atom stereocenters. The number of carbonyl (C=O) groups is 2. The predicted octanol–water partition coefficient (Wildman–Crippen LogP) is 7.60. The standard InChI is InChI=1S/C43H52FN7O4/c1-42-17-15-28(52)20-25(42)9-12-29-31-13-14-34(43(31,2)18-16-32(29)42)55-19-5-4-6-35(53)47-27-10-7-24(8-11-27)38-37(40-45-23-46-51(40)3)39-36-30(41(54)50-49-39)21-26(44)22-33(36)48-38/h7-8,10-11,21-23,25,29,31-32,34,37-38,48H,4-6,9,12-20H2,1-3H3,(H,47,53)(H,50,54)/t25-,29-,31-,32-,34-,37+,38+,42-,43-/m0/s1. The van der Waals surface area contributed by atoms with Crippen LogP contribution in [0.3, 0.4) is 0 Å². The Morgan fingerprint density at radius 3 is 2.64 bits per heavy atom. The number of unbranched alkanes of at least 4 members (excludes halogenated alkanes) is 1. The molecule has 9 atom stereocenters. The van der Waals surface area contributed by atoms with Gasteiger partial charge in [0.25, 0.3) is 5.56 Å². The maximum Gasteiger partial charge on any atom is 0.272 e. The number of aromatic nitrogens is 5. The number of anilines is 2. The molecule has 4 saturated carbocycles. The first kappa shape index (κ1) is 36.2. The molecule has 0 radical (unpaired) electrons. The largest absolute Gasteiger partial charge is 0.378 e. The van der Waals surface area contributed by atoms with Crippen LogP contribution in [0.5, 0.6) is 0 Å². The van der Waals surface area contributed by atoms with E-state index in [-0.39, 0.29) is 22.8 Å². The van der Waals surface area contributed by atoms with Gasteiger partial charge in [-0.1, -0.05) is 26.0 Å². The number of amides is 1. The first-order valence-electron chi connectivity index (χ1n) is 20.4. The molecule has 1 aliphatic heterocycles. The molecule has 4 fully saturated rings. The van der Waals surface area contributed by atoms with Crippen LogP contribution >= 0.6 is 0 Å². The Morgan fingerprint density at radius 2 is 1.84 bits per heavy atom. The van der Waals surface area contributed by atoms with E-state index in [0.29, 0.717) is 64.3 Å². The fraction of sp³-hybridized carbons (Fsp3) is 0.581. The van der Waals surface area contributed by atoms with Gasteiger partial charge >= 0.3 is 0 Å². The Bertz CT molecular complexity index is 2190. The average Bonchev–Trinajstić information content (AvgIpc) is 3.74. The topological polar surface area (TPSA) is 144 Å². The minimum Gasteiger partial charge on any atom is -0.378 e. The molecular weight excluding hydrogens is 698 g/mol. The second-order valence-electron chi connectivity index (χ2n) is 17.7. The number of ketones is 1. The molecule has 5 aliphatic rings. The summed E-state index contributed by atoms with van der Waals surface area (Å²) in [6, 6.07) is 9.81. The van der Waals surface area contributed by atoms with Crippen molar-refractivity contribution in [3.63, 3.8) is 0 Å². The number of halogens is 1. The minimum absolute atomic E-state index is 0.0375. The summed E-state index contributed by atoms with van der Waals surface area (Å²) in [6.07, 6.45) is 13.8. The van der Waals surface area contributed by atoms with Gasteiger partial charge < -0.3 is 15.4 Å². The molecule has 3 N–H and O–H groups in total. The number of ether oxygens (including phenoxy) is 1. The van der Waals surface area contributed by atoms with E-state index >= 15 is 0 Å². The quantitative estimate of drug-likeness (QED) is 0.149. The van der Waals surface area contributed by atoms with E-state index in [1.54, 1.807) is 11.7 Å². The van der Waals surface area contributed by atoms with Gasteiger partial charge in [-0.15, -0.1) is 0 Å². The van der Waals surface area contributed by atoms with Crippen molar-refractivity contribution in [1.82, 2.24) is 25.0 Å². The number of hydrogen-bond acceptors (Lipinski definition) is 8. The number of aromatic amines is 1. The Morgan fingerprint density at radius 1 is 1.02 bits per heavy atom. The van der Waals surface area contributed by atoms with Crippen LogP contribution in [-0.4, -0.2) is 49.4 Å². The van der Waals surface area contributed by atoms with Gasteiger partial charge in [0.05, 0.1) is 29.1 Å². The summed E-state index contributed by atoms with van der Waals surface area (Å²) in [5.41, 5.74) is 2.73. The Hall–Kier alpha value is -4.45. The third-order valence-corrected chi connectivity index (χ3v) is 14.9. The lowest BCUT2D eigenvalue weighted by Crippen LogP contribution is -2.54. The van der Waals surface area contributed by atoms with Gasteiger partial charge in [0.2, 0.25) is 5.91 Å². The van der Waals surface area contributed by atoms with Crippen LogP contribution in [0.25, 0.3) is 10.8 Å². The number of benzene rings is 2. The fourth-order valence-corrected chi connectivity index (χ4v) is 12.1. The number of nitrogens with zero attached hydrogens (tertiary/aromatic N) is 4. The summed E-state index contributed by atoms with van der Waals surface area (Å²) in [5.74, 6) is 2.94. The van der Waals surface area contributed by atoms with Crippen molar-refractivity contribution in [3.8, 4) is 0 Å². The van der Waals surface area contributed by atoms with Crippen LogP contribution in [0, 0.1) is 40.3 Å². The Labute approximate surface area is 320 Å². The summed E-state index contributed by atoms with van der Waals surface area (Å²) in [6.45, 7) is 5.67. The Balaban J connectivity index is 0.791. The molecule has 2 aromatic carbocycles. The smallest absolute Gasteiger partial charge is 0.272 e. The van der Waals surface area contributed by atoms with E-state index in [4.69, 9.17) is 4.74 Å². The third-order valence-electron chi connectivity index (χ3n) is 14.9. The molecule has 1 amide bonds. The van der Waals surface area contributed by atoms with Gasteiger partial charge in [0, 0.05) is 49.7 Å². The highest BCUT2D eigenvalue weighted by Crippen LogP contribution is 2.66. The second kappa shape index (κ2) is 13.9. The SMILES string of the molecule is Cn1ncnc1[C@H]1c2n[nH]c(=O)c3cc(F)cc(c23)N[C@@H]1c1ccc(NC(=O)CCCCO[C@H]2CC[C@H]3[C@@H]4CC[C@H]5CC(=O)CC[C@]5(C)[C@H]4CC[C@]23C)cc1. The molecule has 11 nitrogen and oxygen atoms in total. The van der Waals surface area contributed by atoms with Crippen LogP contribution in [0.4, 0.5) is 15.8 Å². The zero-order chi connectivity index (χ0) is 38.1. The van der Waals surface area contributed by atoms with Crippen molar-refractivity contribution in [1.29, 1.82) is 0 Å². The fourth-order valence-electron chi connectivity index (χ4n) is 12.1. The first-order valence-corrected chi connectivity index (χ1v) is 20.4. The van der Waals surface area contributed by atoms with E-state index in [9.17, 15) is 18.8 Å². The van der Waals surface area contributed by atoms with Crippen molar-refractivity contribution in [3.05, 3.63) is 76.0 Å². The van der Waals surface area contributed by atoms with E-state index in [1.165, 1.54) is 50.6 Å². The highest BCUT2D eigenvalue weighted by molar-refractivity contribution is 5.97. The van der Waals surface area contributed by atoms with Crippen LogP contribution in [0.2, 0.25) is 0 Å². The lowest BCUT2D eigenvalue weighted by molar-refractivity contribution is -0.145. The van der Waals surface area contributed by atoms with Gasteiger partial charge in [-0.25, -0.2) is 14.5 Å². The summed E-state index contributed by atoms with van der Waals surface area (Å²) in [7, 11) is 1.80. The zero-order valence-corrected chi connectivity index (χ0v) is 32.1. The van der Waals surface area contributed by atoms with Crippen molar-refractivity contribution >= 4 is 33.8 Å². The summed E-state index contributed by atoms with van der Waals surface area (Å²) in [5, 5.41) is 18.5. The third kappa shape index (κ3) is 6.19. The number of H-pyrrole nitrogens is 1. The van der Waals surface area contributed by atoms with Crippen LogP contribution < -0.4 is 16.2 Å². The monoisotopic (exact) mass is 749 g/mol. The number of Topliss-reactive ketones (excluding diaryl/α,β-unsaturated/α-hetero) is 1. The van der Waals surface area contributed by atoms with Crippen LogP contribution in [0.15, 0.2) is 47.5 Å². The molecule has 2 aromatic heterocycles. The molecule has 55 heavy (non-hydrogen) atoms. The minimum atomic E-state index is -0.520. The maximum atomic E-state index is 14.7. The van der Waals surface area contributed by atoms with Crippen molar-refractivity contribution in [2.45, 2.75) is 109 Å². The summed E-state index contributed by atoms with van der Waals surface area (Å²) in [4.78, 5) is 42.4. The molecule has 9 rings (SSSR count). The van der Waals surface area contributed by atoms with Gasteiger partial charge in [0.15, 0.2) is 0 Å². The highest BCUT2D eigenvalue weighted by Gasteiger charge is 2.60. The molecule has 0 bridgehead atoms. The number of rotatable bonds is 9. The highest BCUT2D eigenvalue weighted by atomic mass is 19.1. The molecule has 0 saturated heterocycles. The molecule has 4 aromatic rings. The lowest BCUT2D eigenvalue weighted by atomic mass is 9.45. The zero-order valence-electron chi connectivity index (χ0n) is 32.1. The molecule has 12 heteroatoms. The number of fused-ring (bicyclic) bond motifs is 5. The van der Waals surface area contributed by atoms with Crippen molar-refractivity contribution in [2.75, 3.05) is 17.2 Å². The van der Waals surface area contributed by atoms with Crippen LogP contribution in [0.1, 0.15) is 120 Å². The molecule has 3 heterocycles. The number of hydrogen-bond donors (Lipinski definition) is 3. The van der Waals surface area contributed by atoms with E-state index in [2.05, 4.69) is 44.8 Å². The van der Waals surface area contributed by atoms with Crippen molar-refractivity contribution in [2.24, 2.45) is 41.5 Å². The summed E-state index contributed by atoms with van der Waals surface area (Å²) < 4.78 is 23.0. The van der Waals surface area contributed by atoms with Crippen molar-refractivity contribution < 1.29 is 18.7 Å². The number of nitrogens with one attached hydrogen (secondary N) is 3. The maximum absolute atomic E-state index is 14.7. The van der Waals surface area contributed by atoms with Gasteiger partial charge in [-0.2, -0.15) is 10.2 Å². The molecular formula is C43H52FN7O4. The number of carbonyl (C=O) groups excluding carboxylic acids is 2. The van der Waals surface area contributed by atoms with Gasteiger partial charge in [-0.3, -0.25) is 19.1 Å². The predicted molar refractivity (Wildman–Crippen MR) is 207 cm³/mol. The first-order chi connectivity index (χ1) is 26.5. The van der Waals surface area contributed by atoms with Gasteiger partial charge in [0.1, 0.15) is 23.8 Å². The van der Waals surface area contributed by atoms with Crippen LogP contribution in [-0.2, 0) is 21.4 Å². The normalized spacial score (nSPS) is 32.4. The summed E-state index contributed by atoms with van der Waals surface area (Å²) >= 11 is 0. The molecule has 4 aliphatic carbocycles. The second-order valence-corrected chi connectivity index (χ2v) is 17.7. The molecule has 0 spiro atoms. The average molecular weight is 750 g/mol. The lowest BCUT2D eigenvalue weighted by Gasteiger charge is -2.60. The van der Waals surface area contributed by atoms with Gasteiger partial charge in [-0.05, 0) is 122 Å². The number of aryl methyl sites for hydroxylation is 1.